The first-order valence-corrected chi connectivity index (χ1v) is 9.50. The lowest BCUT2D eigenvalue weighted by atomic mass is 9.90. The van der Waals surface area contributed by atoms with E-state index in [1.807, 2.05) is 11.9 Å². The highest BCUT2D eigenvalue weighted by molar-refractivity contribution is 5.99. The number of hydrogen-bond donors (Lipinski definition) is 2. The van der Waals surface area contributed by atoms with E-state index in [9.17, 15) is 14.3 Å². The third kappa shape index (κ3) is 3.91. The molecule has 2 heterocycles. The molecular formula is C20H25ClFN3O4. The number of aromatic carboxylic acids is 1. The number of nitrogens with zero attached hydrogens (tertiary/aromatic N) is 2. The molecule has 0 radical (unpaired) electrons. The van der Waals surface area contributed by atoms with E-state index in [1.54, 1.807) is 0 Å². The lowest BCUT2D eigenvalue weighted by Crippen LogP contribution is -2.33. The number of rotatable bonds is 5. The van der Waals surface area contributed by atoms with Gasteiger partial charge in [0, 0.05) is 18.7 Å². The van der Waals surface area contributed by atoms with Crippen molar-refractivity contribution in [2.24, 2.45) is 11.8 Å². The summed E-state index contributed by atoms with van der Waals surface area (Å²) in [7, 11) is 3.23. The smallest absolute Gasteiger partial charge is 0.343 e. The van der Waals surface area contributed by atoms with Gasteiger partial charge in [-0.3, -0.25) is 0 Å². The number of fused-ring (bicyclic) bond motifs is 1. The molecule has 3 atom stereocenters. The van der Waals surface area contributed by atoms with E-state index < -0.39 is 11.8 Å². The van der Waals surface area contributed by atoms with Crippen LogP contribution in [0.3, 0.4) is 0 Å². The molecule has 2 N–H and O–H groups in total. The number of anilines is 1. The van der Waals surface area contributed by atoms with E-state index in [4.69, 9.17) is 9.26 Å². The monoisotopic (exact) mass is 425 g/mol. The summed E-state index contributed by atoms with van der Waals surface area (Å²) in [5.41, 5.74) is 0.399. The van der Waals surface area contributed by atoms with Crippen LogP contribution in [0.5, 0.6) is 5.75 Å². The minimum Gasteiger partial charge on any atom is -0.494 e. The minimum absolute atomic E-state index is 0. The Kier molecular flexibility index (Phi) is 6.33. The molecule has 1 aromatic heterocycles. The highest BCUT2D eigenvalue weighted by atomic mass is 35.5. The Hall–Kier alpha value is -2.32. The number of aromatic nitrogens is 1. The second kappa shape index (κ2) is 8.59. The standard InChI is InChI=1S/C20H24FN3O4.ClH/c1-24(14-7-11-5-6-22-10-13(11)8-14)19-17(20(25)26)18(28-23-19)12-3-4-15(21)16(9-12)27-2;/h3-4,9,11,13-14,22H,5-8,10H2,1-2H3,(H,25,26);1H/t11-,13-,14+;/m1./s1. The van der Waals surface area contributed by atoms with Gasteiger partial charge in [-0.2, -0.15) is 0 Å². The van der Waals surface area contributed by atoms with Crippen LogP contribution in [0.1, 0.15) is 29.6 Å². The first-order valence-electron chi connectivity index (χ1n) is 9.50. The summed E-state index contributed by atoms with van der Waals surface area (Å²) in [6, 6.07) is 4.32. The predicted octanol–water partition coefficient (Wildman–Crippen LogP) is 3.43. The van der Waals surface area contributed by atoms with Crippen LogP contribution < -0.4 is 15.0 Å². The van der Waals surface area contributed by atoms with Crippen molar-refractivity contribution in [2.45, 2.75) is 25.3 Å². The van der Waals surface area contributed by atoms with Gasteiger partial charge in [-0.05, 0) is 62.4 Å². The van der Waals surface area contributed by atoms with Gasteiger partial charge in [0.2, 0.25) is 0 Å². The maximum atomic E-state index is 13.7. The van der Waals surface area contributed by atoms with Crippen molar-refractivity contribution in [1.29, 1.82) is 0 Å². The normalized spacial score (nSPS) is 23.2. The number of piperidine rings is 1. The van der Waals surface area contributed by atoms with E-state index >= 15 is 0 Å². The SMILES string of the molecule is COc1cc(-c2onc(N(C)[C@H]3C[C@H]4CCNC[C@H]4C3)c2C(=O)O)ccc1F.Cl. The summed E-state index contributed by atoms with van der Waals surface area (Å²) in [5.74, 6) is 0.0529. The average molecular weight is 426 g/mol. The van der Waals surface area contributed by atoms with Crippen molar-refractivity contribution in [3.63, 3.8) is 0 Å². The topological polar surface area (TPSA) is 87.8 Å². The molecule has 0 spiro atoms. The van der Waals surface area contributed by atoms with Crippen molar-refractivity contribution >= 4 is 24.2 Å². The third-order valence-electron chi connectivity index (χ3n) is 6.10. The summed E-state index contributed by atoms with van der Waals surface area (Å²) >= 11 is 0. The molecule has 2 aliphatic rings. The van der Waals surface area contributed by atoms with Crippen molar-refractivity contribution in [2.75, 3.05) is 32.1 Å². The van der Waals surface area contributed by atoms with E-state index in [1.165, 1.54) is 25.3 Å². The molecule has 9 heteroatoms. The molecule has 2 fully saturated rings. The number of ether oxygens (including phenoxy) is 1. The molecular weight excluding hydrogens is 401 g/mol. The maximum Gasteiger partial charge on any atom is 0.343 e. The molecule has 29 heavy (non-hydrogen) atoms. The lowest BCUT2D eigenvalue weighted by Gasteiger charge is -2.25. The van der Waals surface area contributed by atoms with E-state index in [0.29, 0.717) is 23.2 Å². The van der Waals surface area contributed by atoms with Gasteiger partial charge in [0.25, 0.3) is 0 Å². The van der Waals surface area contributed by atoms with Crippen LogP contribution in [0.2, 0.25) is 0 Å². The van der Waals surface area contributed by atoms with Crippen LogP contribution >= 0.6 is 12.4 Å². The van der Waals surface area contributed by atoms with Gasteiger partial charge in [0.05, 0.1) is 7.11 Å². The van der Waals surface area contributed by atoms with E-state index in [-0.39, 0.29) is 35.5 Å². The molecule has 1 aliphatic heterocycles. The molecule has 7 nitrogen and oxygen atoms in total. The molecule has 1 aliphatic carbocycles. The van der Waals surface area contributed by atoms with Crippen LogP contribution in [-0.4, -0.2) is 49.5 Å². The van der Waals surface area contributed by atoms with Crippen LogP contribution in [-0.2, 0) is 0 Å². The predicted molar refractivity (Wildman–Crippen MR) is 109 cm³/mol. The number of carbonyl (C=O) groups is 1. The van der Waals surface area contributed by atoms with Gasteiger partial charge < -0.3 is 24.6 Å². The number of hydrogen-bond acceptors (Lipinski definition) is 6. The summed E-state index contributed by atoms with van der Waals surface area (Å²) in [6.45, 7) is 2.05. The van der Waals surface area contributed by atoms with Gasteiger partial charge in [0.15, 0.2) is 28.7 Å². The fourth-order valence-electron chi connectivity index (χ4n) is 4.56. The maximum absolute atomic E-state index is 13.7. The second-order valence-corrected chi connectivity index (χ2v) is 7.61. The molecule has 1 saturated carbocycles. The van der Waals surface area contributed by atoms with Crippen LogP contribution in [0.4, 0.5) is 10.2 Å². The molecule has 158 valence electrons. The second-order valence-electron chi connectivity index (χ2n) is 7.61. The van der Waals surface area contributed by atoms with Gasteiger partial charge in [-0.25, -0.2) is 9.18 Å². The summed E-state index contributed by atoms with van der Waals surface area (Å²) < 4.78 is 24.1. The fraction of sp³-hybridized carbons (Fsp3) is 0.500. The van der Waals surface area contributed by atoms with E-state index in [2.05, 4.69) is 10.5 Å². The Morgan fingerprint density at radius 1 is 1.38 bits per heavy atom. The first-order chi connectivity index (χ1) is 13.5. The first kappa shape index (κ1) is 21.4. The van der Waals surface area contributed by atoms with Gasteiger partial charge in [-0.1, -0.05) is 5.16 Å². The summed E-state index contributed by atoms with van der Waals surface area (Å²) in [5, 5.41) is 17.3. The Morgan fingerprint density at radius 2 is 2.14 bits per heavy atom. The molecule has 1 saturated heterocycles. The largest absolute Gasteiger partial charge is 0.494 e. The summed E-state index contributed by atoms with van der Waals surface area (Å²) in [4.78, 5) is 14.0. The molecule has 0 bridgehead atoms. The minimum atomic E-state index is -1.13. The molecule has 1 aromatic carbocycles. The zero-order chi connectivity index (χ0) is 19.8. The number of carboxylic acid groups (broad SMARTS) is 1. The number of nitrogens with one attached hydrogen (secondary N) is 1. The molecule has 4 rings (SSSR count). The molecule has 0 unspecified atom stereocenters. The number of carboxylic acids is 1. The number of methoxy groups -OCH3 is 1. The van der Waals surface area contributed by atoms with Gasteiger partial charge in [-0.15, -0.1) is 12.4 Å². The third-order valence-corrected chi connectivity index (χ3v) is 6.10. The Bertz CT molecular complexity index is 877. The van der Waals surface area contributed by atoms with Crippen LogP contribution in [0.25, 0.3) is 11.3 Å². The van der Waals surface area contributed by atoms with Crippen molar-refractivity contribution in [1.82, 2.24) is 10.5 Å². The number of benzene rings is 1. The van der Waals surface area contributed by atoms with Crippen molar-refractivity contribution in [3.8, 4) is 17.1 Å². The Morgan fingerprint density at radius 3 is 2.83 bits per heavy atom. The Balaban J connectivity index is 0.00000240. The number of halogens is 2. The van der Waals surface area contributed by atoms with Crippen LogP contribution in [0, 0.1) is 17.7 Å². The summed E-state index contributed by atoms with van der Waals surface area (Å²) in [6.07, 6.45) is 3.18. The van der Waals surface area contributed by atoms with Crippen LogP contribution in [0.15, 0.2) is 22.7 Å². The Labute approximate surface area is 174 Å². The zero-order valence-electron chi connectivity index (χ0n) is 16.4. The van der Waals surface area contributed by atoms with Gasteiger partial charge >= 0.3 is 5.97 Å². The van der Waals surface area contributed by atoms with Crippen molar-refractivity contribution < 1.29 is 23.6 Å². The molecule has 0 amide bonds. The zero-order valence-corrected chi connectivity index (χ0v) is 17.2. The van der Waals surface area contributed by atoms with Gasteiger partial charge in [0.1, 0.15) is 0 Å². The van der Waals surface area contributed by atoms with Crippen molar-refractivity contribution in [3.05, 3.63) is 29.6 Å². The molecule has 2 aromatic rings. The fourth-order valence-corrected chi connectivity index (χ4v) is 4.56. The highest BCUT2D eigenvalue weighted by Crippen LogP contribution is 2.41. The lowest BCUT2D eigenvalue weighted by molar-refractivity contribution is 0.0697. The quantitative estimate of drug-likeness (QED) is 0.758. The average Bonchev–Trinajstić information content (AvgIpc) is 3.32. The highest BCUT2D eigenvalue weighted by Gasteiger charge is 2.39. The van der Waals surface area contributed by atoms with E-state index in [0.717, 1.165) is 32.4 Å².